The lowest BCUT2D eigenvalue weighted by Crippen LogP contribution is -2.69. The highest BCUT2D eigenvalue weighted by Crippen LogP contribution is 2.28. The lowest BCUT2D eigenvalue weighted by atomic mass is 9.92. The van der Waals surface area contributed by atoms with Crippen LogP contribution in [-0.4, -0.2) is 101 Å². The molecule has 5 atom stereocenters. The largest absolute Gasteiger partial charge is 0.381 e. The Hall–Kier alpha value is -2.47. The molecule has 0 spiro atoms. The van der Waals surface area contributed by atoms with E-state index in [0.29, 0.717) is 38.4 Å². The maximum absolute atomic E-state index is 15.1. The van der Waals surface area contributed by atoms with Gasteiger partial charge < -0.3 is 26.6 Å². The van der Waals surface area contributed by atoms with Gasteiger partial charge in [0, 0.05) is 51.7 Å². The standard InChI is InChI=1S/C20H30F2N8O2/c21-11-6-25-19-16(18(23)27-30(19)9-11)20(32)26-14-8-24-7-13(22)17(14)28-4-5-29-12(10-28)2-1-3-15(29)31/h11-14,17,24-25H,1-10H2,(H2,23,27)(H,26,32)/t11?,12-,13?,14?,17?/m1/s1. The minimum absolute atomic E-state index is 0.0190. The summed E-state index contributed by atoms with van der Waals surface area (Å²) in [4.78, 5) is 29.4. The molecule has 5 rings (SSSR count). The first-order chi connectivity index (χ1) is 15.4. The third-order valence-electron chi connectivity index (χ3n) is 7.06. The second-order valence-electron chi connectivity index (χ2n) is 9.14. The number of piperidine rings is 2. The first-order valence-electron chi connectivity index (χ1n) is 11.4. The normalized spacial score (nSPS) is 33.2. The topological polar surface area (TPSA) is 121 Å². The Balaban J connectivity index is 1.33. The van der Waals surface area contributed by atoms with Gasteiger partial charge in [-0.2, -0.15) is 5.10 Å². The summed E-state index contributed by atoms with van der Waals surface area (Å²) in [5.74, 6) is 0.133. The van der Waals surface area contributed by atoms with Gasteiger partial charge in [0.1, 0.15) is 23.7 Å². The number of carbonyl (C=O) groups is 2. The number of alkyl halides is 2. The Labute approximate surface area is 184 Å². The highest BCUT2D eigenvalue weighted by Gasteiger charge is 2.43. The molecule has 1 aromatic heterocycles. The molecule has 5 N–H and O–H groups in total. The predicted octanol–water partition coefficient (Wildman–Crippen LogP) is -0.666. The van der Waals surface area contributed by atoms with Gasteiger partial charge in [0.15, 0.2) is 5.82 Å². The van der Waals surface area contributed by atoms with E-state index in [9.17, 15) is 14.0 Å². The van der Waals surface area contributed by atoms with Gasteiger partial charge in [0.25, 0.3) is 5.91 Å². The van der Waals surface area contributed by atoms with Crippen LogP contribution in [0.25, 0.3) is 0 Å². The number of hydrogen-bond acceptors (Lipinski definition) is 7. The number of hydrogen-bond donors (Lipinski definition) is 4. The van der Waals surface area contributed by atoms with Crippen LogP contribution in [0.2, 0.25) is 0 Å². The highest BCUT2D eigenvalue weighted by atomic mass is 19.1. The second-order valence-corrected chi connectivity index (χ2v) is 9.14. The number of nitrogens with zero attached hydrogens (tertiary/aromatic N) is 4. The number of rotatable bonds is 3. The van der Waals surface area contributed by atoms with Crippen LogP contribution < -0.4 is 21.7 Å². The van der Waals surface area contributed by atoms with Crippen LogP contribution in [0.15, 0.2) is 0 Å². The lowest BCUT2D eigenvalue weighted by Gasteiger charge is -2.49. The van der Waals surface area contributed by atoms with Crippen LogP contribution in [0.4, 0.5) is 20.4 Å². The van der Waals surface area contributed by atoms with Crippen molar-refractivity contribution in [3.05, 3.63) is 5.56 Å². The van der Waals surface area contributed by atoms with E-state index in [2.05, 4.69) is 25.9 Å². The molecule has 5 heterocycles. The third-order valence-corrected chi connectivity index (χ3v) is 7.06. The van der Waals surface area contributed by atoms with Crippen LogP contribution >= 0.6 is 0 Å². The number of nitrogens with two attached hydrogens (primary N) is 1. The van der Waals surface area contributed by atoms with Crippen molar-refractivity contribution in [3.63, 3.8) is 0 Å². The van der Waals surface area contributed by atoms with Crippen LogP contribution in [0.1, 0.15) is 29.6 Å². The van der Waals surface area contributed by atoms with Gasteiger partial charge in [-0.15, -0.1) is 0 Å². The highest BCUT2D eigenvalue weighted by molar-refractivity contribution is 6.03. The average Bonchev–Trinajstić information content (AvgIpc) is 3.08. The summed E-state index contributed by atoms with van der Waals surface area (Å²) < 4.78 is 30.2. The number of nitrogens with one attached hydrogen (secondary N) is 3. The van der Waals surface area contributed by atoms with Crippen molar-refractivity contribution in [1.82, 2.24) is 30.2 Å². The summed E-state index contributed by atoms with van der Waals surface area (Å²) >= 11 is 0. The van der Waals surface area contributed by atoms with Crippen LogP contribution in [-0.2, 0) is 11.3 Å². The Kier molecular flexibility index (Phi) is 5.66. The molecule has 4 unspecified atom stereocenters. The first kappa shape index (κ1) is 21.4. The molecular formula is C20H30F2N8O2. The van der Waals surface area contributed by atoms with Crippen molar-refractivity contribution >= 4 is 23.5 Å². The van der Waals surface area contributed by atoms with E-state index in [1.54, 1.807) is 0 Å². The Morgan fingerprint density at radius 2 is 2.03 bits per heavy atom. The maximum atomic E-state index is 15.1. The summed E-state index contributed by atoms with van der Waals surface area (Å²) in [7, 11) is 0. The van der Waals surface area contributed by atoms with Gasteiger partial charge in [0.2, 0.25) is 5.91 Å². The average molecular weight is 453 g/mol. The van der Waals surface area contributed by atoms with E-state index in [1.807, 2.05) is 4.90 Å². The summed E-state index contributed by atoms with van der Waals surface area (Å²) in [5.41, 5.74) is 6.14. The fraction of sp³-hybridized carbons (Fsp3) is 0.750. The number of amides is 2. The Bertz CT molecular complexity index is 895. The number of aromatic nitrogens is 2. The van der Waals surface area contributed by atoms with E-state index in [0.717, 1.165) is 12.8 Å². The molecular weight excluding hydrogens is 422 g/mol. The monoisotopic (exact) mass is 452 g/mol. The molecule has 10 nitrogen and oxygen atoms in total. The van der Waals surface area contributed by atoms with Gasteiger partial charge in [0.05, 0.1) is 18.6 Å². The molecule has 4 aliphatic heterocycles. The molecule has 0 radical (unpaired) electrons. The van der Waals surface area contributed by atoms with Crippen molar-refractivity contribution in [2.45, 2.75) is 56.3 Å². The van der Waals surface area contributed by atoms with Crippen molar-refractivity contribution in [2.24, 2.45) is 0 Å². The third kappa shape index (κ3) is 3.79. The molecule has 2 amide bonds. The van der Waals surface area contributed by atoms with Gasteiger partial charge in [-0.1, -0.05) is 0 Å². The lowest BCUT2D eigenvalue weighted by molar-refractivity contribution is -0.140. The van der Waals surface area contributed by atoms with Gasteiger partial charge in [-0.3, -0.25) is 14.5 Å². The number of nitrogen functional groups attached to an aromatic ring is 1. The second kappa shape index (κ2) is 8.47. The maximum Gasteiger partial charge on any atom is 0.259 e. The molecule has 3 saturated heterocycles. The molecule has 3 fully saturated rings. The summed E-state index contributed by atoms with van der Waals surface area (Å²) in [6, 6.07) is -0.889. The van der Waals surface area contributed by atoms with Crippen LogP contribution in [0.5, 0.6) is 0 Å². The summed E-state index contributed by atoms with van der Waals surface area (Å²) in [5, 5.41) is 13.0. The van der Waals surface area contributed by atoms with Gasteiger partial charge in [-0.05, 0) is 12.8 Å². The van der Waals surface area contributed by atoms with E-state index >= 15 is 4.39 Å². The van der Waals surface area contributed by atoms with Crippen molar-refractivity contribution in [2.75, 3.05) is 50.3 Å². The number of carbonyl (C=O) groups excluding carboxylic acids is 2. The SMILES string of the molecule is Nc1nn2c(c1C(=O)NC1CNCC(F)C1N1CCN3C(=O)CCC[C@@H]3C1)NCC(F)C2. The van der Waals surface area contributed by atoms with Crippen LogP contribution in [0, 0.1) is 0 Å². The van der Waals surface area contributed by atoms with Crippen LogP contribution in [0.3, 0.4) is 0 Å². The summed E-state index contributed by atoms with van der Waals surface area (Å²) in [6.45, 7) is 2.51. The zero-order chi connectivity index (χ0) is 22.4. The minimum atomic E-state index is -1.16. The number of halogens is 2. The predicted molar refractivity (Wildman–Crippen MR) is 114 cm³/mol. The van der Waals surface area contributed by atoms with Gasteiger partial charge in [-0.25, -0.2) is 13.5 Å². The van der Waals surface area contributed by atoms with Crippen molar-refractivity contribution in [3.8, 4) is 0 Å². The number of fused-ring (bicyclic) bond motifs is 2. The first-order valence-corrected chi connectivity index (χ1v) is 11.4. The van der Waals surface area contributed by atoms with Gasteiger partial charge >= 0.3 is 0 Å². The quantitative estimate of drug-likeness (QED) is 0.480. The molecule has 12 heteroatoms. The minimum Gasteiger partial charge on any atom is -0.381 e. The van der Waals surface area contributed by atoms with Crippen molar-refractivity contribution in [1.29, 1.82) is 0 Å². The van der Waals surface area contributed by atoms with E-state index < -0.39 is 30.3 Å². The zero-order valence-corrected chi connectivity index (χ0v) is 17.9. The Morgan fingerprint density at radius 3 is 2.88 bits per heavy atom. The fourth-order valence-electron chi connectivity index (χ4n) is 5.56. The van der Waals surface area contributed by atoms with E-state index in [1.165, 1.54) is 4.68 Å². The zero-order valence-electron chi connectivity index (χ0n) is 17.9. The molecule has 0 saturated carbocycles. The molecule has 0 aromatic carbocycles. The fourth-order valence-corrected chi connectivity index (χ4v) is 5.56. The molecule has 32 heavy (non-hydrogen) atoms. The molecule has 4 aliphatic rings. The van der Waals surface area contributed by atoms with E-state index in [4.69, 9.17) is 5.73 Å². The molecule has 0 bridgehead atoms. The molecule has 0 aliphatic carbocycles. The van der Waals surface area contributed by atoms with E-state index in [-0.39, 0.29) is 43.0 Å². The Morgan fingerprint density at radius 1 is 1.19 bits per heavy atom. The molecule has 1 aromatic rings. The summed E-state index contributed by atoms with van der Waals surface area (Å²) in [6.07, 6.45) is 0.0913. The number of anilines is 2. The number of piperazine rings is 1. The smallest absolute Gasteiger partial charge is 0.259 e. The van der Waals surface area contributed by atoms with Crippen molar-refractivity contribution < 1.29 is 18.4 Å². The molecule has 176 valence electrons.